The summed E-state index contributed by atoms with van der Waals surface area (Å²) in [5, 5.41) is 15.6. The Bertz CT molecular complexity index is 741. The first kappa shape index (κ1) is 20.3. The van der Waals surface area contributed by atoms with Crippen molar-refractivity contribution in [1.82, 2.24) is 20.1 Å². The SMILES string of the molecule is O=C(O)CCc1n[nH]c(CCCCOc2cccc(CN3CCCCC3)c2)n1. The van der Waals surface area contributed by atoms with Crippen LogP contribution in [0.4, 0.5) is 0 Å². The molecule has 2 N–H and O–H groups in total. The number of rotatable bonds is 11. The van der Waals surface area contributed by atoms with Crippen LogP contribution in [0.1, 0.15) is 55.7 Å². The fourth-order valence-electron chi connectivity index (χ4n) is 3.47. The number of hydrogen-bond acceptors (Lipinski definition) is 5. The van der Waals surface area contributed by atoms with Crippen LogP contribution >= 0.6 is 0 Å². The number of H-pyrrole nitrogens is 1. The minimum absolute atomic E-state index is 0.0575. The Labute approximate surface area is 166 Å². The summed E-state index contributed by atoms with van der Waals surface area (Å²) in [5.41, 5.74) is 1.31. The molecule has 0 amide bonds. The number of piperidine rings is 1. The van der Waals surface area contributed by atoms with Crippen LogP contribution in [0.25, 0.3) is 0 Å². The maximum Gasteiger partial charge on any atom is 0.303 e. The topological polar surface area (TPSA) is 91.3 Å². The molecule has 1 fully saturated rings. The van der Waals surface area contributed by atoms with E-state index >= 15 is 0 Å². The molecule has 0 radical (unpaired) electrons. The molecule has 0 atom stereocenters. The summed E-state index contributed by atoms with van der Waals surface area (Å²) in [5.74, 6) is 1.48. The van der Waals surface area contributed by atoms with Crippen molar-refractivity contribution >= 4 is 5.97 Å². The number of aryl methyl sites for hydroxylation is 2. The van der Waals surface area contributed by atoms with Crippen molar-refractivity contribution in [3.8, 4) is 5.75 Å². The summed E-state index contributed by atoms with van der Waals surface area (Å²) in [6.07, 6.45) is 7.06. The highest BCUT2D eigenvalue weighted by Gasteiger charge is 2.10. The number of aliphatic carboxylic acids is 1. The number of aromatic nitrogens is 3. The van der Waals surface area contributed by atoms with Gasteiger partial charge in [-0.1, -0.05) is 18.6 Å². The lowest BCUT2D eigenvalue weighted by molar-refractivity contribution is -0.137. The van der Waals surface area contributed by atoms with E-state index in [9.17, 15) is 4.79 Å². The molecule has 1 aliphatic heterocycles. The maximum absolute atomic E-state index is 10.6. The number of benzene rings is 1. The molecule has 28 heavy (non-hydrogen) atoms. The zero-order valence-corrected chi connectivity index (χ0v) is 16.4. The Morgan fingerprint density at radius 1 is 1.18 bits per heavy atom. The molecular weight excluding hydrogens is 356 g/mol. The van der Waals surface area contributed by atoms with Gasteiger partial charge in [0, 0.05) is 19.4 Å². The number of ether oxygens (including phenoxy) is 1. The molecule has 7 heteroatoms. The third kappa shape index (κ3) is 6.96. The molecule has 7 nitrogen and oxygen atoms in total. The summed E-state index contributed by atoms with van der Waals surface area (Å²) in [7, 11) is 0. The smallest absolute Gasteiger partial charge is 0.303 e. The third-order valence-corrected chi connectivity index (χ3v) is 4.97. The van der Waals surface area contributed by atoms with Crippen molar-refractivity contribution in [2.75, 3.05) is 19.7 Å². The van der Waals surface area contributed by atoms with Gasteiger partial charge < -0.3 is 9.84 Å². The molecule has 1 aliphatic rings. The van der Waals surface area contributed by atoms with Crippen LogP contribution in [-0.2, 0) is 24.2 Å². The Balaban J connectivity index is 1.34. The summed E-state index contributed by atoms with van der Waals surface area (Å²) >= 11 is 0. The Hall–Kier alpha value is -2.41. The van der Waals surface area contributed by atoms with E-state index in [0.29, 0.717) is 18.9 Å². The summed E-state index contributed by atoms with van der Waals surface area (Å²) < 4.78 is 5.91. The molecule has 0 spiro atoms. The first-order chi connectivity index (χ1) is 13.7. The van der Waals surface area contributed by atoms with Gasteiger partial charge in [-0.25, -0.2) is 4.98 Å². The largest absolute Gasteiger partial charge is 0.494 e. The van der Waals surface area contributed by atoms with E-state index in [2.05, 4.69) is 38.3 Å². The molecule has 0 bridgehead atoms. The van der Waals surface area contributed by atoms with Gasteiger partial charge in [-0.15, -0.1) is 0 Å². The predicted octanol–water partition coefficient (Wildman–Crippen LogP) is 3.21. The summed E-state index contributed by atoms with van der Waals surface area (Å²) in [6, 6.07) is 8.42. The van der Waals surface area contributed by atoms with Crippen molar-refractivity contribution < 1.29 is 14.6 Å². The number of carbonyl (C=O) groups is 1. The van der Waals surface area contributed by atoms with Crippen molar-refractivity contribution in [2.45, 2.75) is 57.9 Å². The molecule has 3 rings (SSSR count). The Morgan fingerprint density at radius 3 is 2.86 bits per heavy atom. The molecule has 2 aromatic rings. The molecule has 152 valence electrons. The lowest BCUT2D eigenvalue weighted by Gasteiger charge is -2.26. The molecular formula is C21H30N4O3. The second kappa shape index (κ2) is 10.8. The van der Waals surface area contributed by atoms with Gasteiger partial charge in [-0.05, 0) is 56.5 Å². The predicted molar refractivity (Wildman–Crippen MR) is 106 cm³/mol. The van der Waals surface area contributed by atoms with Crippen LogP contribution < -0.4 is 4.74 Å². The maximum atomic E-state index is 10.6. The summed E-state index contributed by atoms with van der Waals surface area (Å²) in [4.78, 5) is 17.4. The number of likely N-dealkylation sites (tertiary alicyclic amines) is 1. The van der Waals surface area contributed by atoms with Gasteiger partial charge >= 0.3 is 5.97 Å². The number of carboxylic acid groups (broad SMARTS) is 1. The number of unbranched alkanes of at least 4 members (excludes halogenated alkanes) is 1. The van der Waals surface area contributed by atoms with Crippen molar-refractivity contribution in [3.05, 3.63) is 41.5 Å². The standard InChI is InChI=1S/C21H30N4O3/c26-21(27)11-10-20-22-19(23-24-20)9-2-5-14-28-18-8-6-7-17(15-18)16-25-12-3-1-4-13-25/h6-8,15H,1-5,9-14,16H2,(H,26,27)(H,22,23,24). The normalized spacial score (nSPS) is 14.9. The van der Waals surface area contributed by atoms with Crippen LogP contribution in [-0.4, -0.2) is 50.9 Å². The monoisotopic (exact) mass is 386 g/mol. The lowest BCUT2D eigenvalue weighted by atomic mass is 10.1. The number of nitrogens with one attached hydrogen (secondary N) is 1. The van der Waals surface area contributed by atoms with E-state index in [-0.39, 0.29) is 6.42 Å². The van der Waals surface area contributed by atoms with Crippen molar-refractivity contribution in [3.63, 3.8) is 0 Å². The number of carboxylic acids is 1. The first-order valence-electron chi connectivity index (χ1n) is 10.2. The number of hydrogen-bond donors (Lipinski definition) is 2. The molecule has 0 unspecified atom stereocenters. The Morgan fingerprint density at radius 2 is 2.04 bits per heavy atom. The second-order valence-corrected chi connectivity index (χ2v) is 7.38. The zero-order chi connectivity index (χ0) is 19.6. The quantitative estimate of drug-likeness (QED) is 0.576. The second-order valence-electron chi connectivity index (χ2n) is 7.38. The number of nitrogens with zero attached hydrogens (tertiary/aromatic N) is 3. The van der Waals surface area contributed by atoms with Gasteiger partial charge in [0.2, 0.25) is 0 Å². The van der Waals surface area contributed by atoms with Crippen LogP contribution in [0.3, 0.4) is 0 Å². The third-order valence-electron chi connectivity index (χ3n) is 4.97. The van der Waals surface area contributed by atoms with Crippen molar-refractivity contribution in [1.29, 1.82) is 0 Å². The first-order valence-corrected chi connectivity index (χ1v) is 10.2. The van der Waals surface area contributed by atoms with Gasteiger partial charge in [-0.2, -0.15) is 5.10 Å². The fourth-order valence-corrected chi connectivity index (χ4v) is 3.47. The van der Waals surface area contributed by atoms with Gasteiger partial charge in [-0.3, -0.25) is 14.8 Å². The van der Waals surface area contributed by atoms with Crippen LogP contribution in [0, 0.1) is 0 Å². The van der Waals surface area contributed by atoms with Crippen LogP contribution in [0.15, 0.2) is 24.3 Å². The Kier molecular flexibility index (Phi) is 7.84. The highest BCUT2D eigenvalue weighted by Crippen LogP contribution is 2.18. The number of aromatic amines is 1. The van der Waals surface area contributed by atoms with E-state index < -0.39 is 5.97 Å². The van der Waals surface area contributed by atoms with Gasteiger partial charge in [0.05, 0.1) is 13.0 Å². The fraction of sp³-hybridized carbons (Fsp3) is 0.571. The molecule has 1 saturated heterocycles. The highest BCUT2D eigenvalue weighted by molar-refractivity contribution is 5.66. The van der Waals surface area contributed by atoms with Crippen LogP contribution in [0.2, 0.25) is 0 Å². The van der Waals surface area contributed by atoms with E-state index in [0.717, 1.165) is 37.4 Å². The molecule has 0 aliphatic carbocycles. The van der Waals surface area contributed by atoms with E-state index in [1.807, 2.05) is 6.07 Å². The van der Waals surface area contributed by atoms with Crippen LogP contribution in [0.5, 0.6) is 5.75 Å². The minimum Gasteiger partial charge on any atom is -0.494 e. The molecule has 2 heterocycles. The average Bonchev–Trinajstić information content (AvgIpc) is 3.15. The zero-order valence-electron chi connectivity index (χ0n) is 16.4. The van der Waals surface area contributed by atoms with E-state index in [4.69, 9.17) is 9.84 Å². The average molecular weight is 386 g/mol. The summed E-state index contributed by atoms with van der Waals surface area (Å²) in [6.45, 7) is 4.08. The van der Waals surface area contributed by atoms with Crippen molar-refractivity contribution in [2.24, 2.45) is 0 Å². The van der Waals surface area contributed by atoms with Gasteiger partial charge in [0.25, 0.3) is 0 Å². The van der Waals surface area contributed by atoms with Gasteiger partial charge in [0.15, 0.2) is 5.82 Å². The molecule has 0 saturated carbocycles. The molecule has 1 aromatic heterocycles. The van der Waals surface area contributed by atoms with E-state index in [1.54, 1.807) is 0 Å². The van der Waals surface area contributed by atoms with Gasteiger partial charge in [0.1, 0.15) is 11.6 Å². The highest BCUT2D eigenvalue weighted by atomic mass is 16.5. The minimum atomic E-state index is -0.830. The molecule has 1 aromatic carbocycles. The van der Waals surface area contributed by atoms with E-state index in [1.165, 1.54) is 37.9 Å². The lowest BCUT2D eigenvalue weighted by Crippen LogP contribution is -2.29.